The lowest BCUT2D eigenvalue weighted by atomic mass is 10.1. The third-order valence-electron chi connectivity index (χ3n) is 2.83. The van der Waals surface area contributed by atoms with Gasteiger partial charge in [0.15, 0.2) is 0 Å². The number of halogens is 3. The van der Waals surface area contributed by atoms with Gasteiger partial charge in [0.1, 0.15) is 0 Å². The van der Waals surface area contributed by atoms with E-state index in [1.54, 1.807) is 0 Å². The Labute approximate surface area is 111 Å². The summed E-state index contributed by atoms with van der Waals surface area (Å²) < 4.78 is 38.2. The topological polar surface area (TPSA) is 38.0 Å². The van der Waals surface area contributed by atoms with E-state index in [1.165, 1.54) is 11.8 Å². The van der Waals surface area contributed by atoms with Gasteiger partial charge < -0.3 is 11.1 Å². The molecule has 0 fully saturated rings. The summed E-state index contributed by atoms with van der Waals surface area (Å²) in [6, 6.07) is 9.50. The minimum atomic E-state index is -4.39. The lowest BCUT2D eigenvalue weighted by molar-refractivity contribution is -0.137. The van der Waals surface area contributed by atoms with Gasteiger partial charge in [-0.15, -0.1) is 0 Å². The standard InChI is InChI=1S/C13H9F3N2S/c14-13(15,16)7-5-8(17)12-11(6-7)19-10-4-2-1-3-9(10)18-12/h1-6,18H,17H2. The van der Waals surface area contributed by atoms with Crippen LogP contribution in [0.3, 0.4) is 0 Å². The number of rotatable bonds is 0. The van der Waals surface area contributed by atoms with Gasteiger partial charge in [-0.25, -0.2) is 0 Å². The number of nitrogens with one attached hydrogen (secondary N) is 1. The summed E-state index contributed by atoms with van der Waals surface area (Å²) >= 11 is 1.28. The van der Waals surface area contributed by atoms with Crippen LogP contribution in [0.1, 0.15) is 5.56 Å². The summed E-state index contributed by atoms with van der Waals surface area (Å²) in [4.78, 5) is 1.37. The maximum atomic E-state index is 12.7. The Kier molecular flexibility index (Phi) is 2.63. The molecule has 0 unspecified atom stereocenters. The lowest BCUT2D eigenvalue weighted by Gasteiger charge is -2.23. The second-order valence-corrected chi connectivity index (χ2v) is 5.24. The number of para-hydroxylation sites is 1. The molecule has 6 heteroatoms. The van der Waals surface area contributed by atoms with Gasteiger partial charge in [0.2, 0.25) is 0 Å². The van der Waals surface area contributed by atoms with E-state index in [2.05, 4.69) is 5.32 Å². The van der Waals surface area contributed by atoms with E-state index in [9.17, 15) is 13.2 Å². The monoisotopic (exact) mass is 282 g/mol. The van der Waals surface area contributed by atoms with Crippen LogP contribution >= 0.6 is 11.8 Å². The summed E-state index contributed by atoms with van der Waals surface area (Å²) in [7, 11) is 0. The zero-order chi connectivity index (χ0) is 13.6. The molecule has 0 amide bonds. The zero-order valence-corrected chi connectivity index (χ0v) is 10.4. The first-order valence-electron chi connectivity index (χ1n) is 5.50. The van der Waals surface area contributed by atoms with Crippen molar-refractivity contribution in [1.29, 1.82) is 0 Å². The summed E-state index contributed by atoms with van der Waals surface area (Å²) in [6.07, 6.45) is -4.39. The summed E-state index contributed by atoms with van der Waals surface area (Å²) in [6.45, 7) is 0. The van der Waals surface area contributed by atoms with Gasteiger partial charge in [-0.3, -0.25) is 0 Å². The van der Waals surface area contributed by atoms with E-state index in [4.69, 9.17) is 5.73 Å². The first kappa shape index (κ1) is 12.2. The predicted octanol–water partition coefficient (Wildman–Crippen LogP) is 4.50. The summed E-state index contributed by atoms with van der Waals surface area (Å²) in [5.74, 6) is 0. The molecule has 0 aliphatic carbocycles. The Bertz CT molecular complexity index is 653. The van der Waals surface area contributed by atoms with Crippen LogP contribution in [0.4, 0.5) is 30.2 Å². The fourth-order valence-corrected chi connectivity index (χ4v) is 3.00. The summed E-state index contributed by atoms with van der Waals surface area (Å²) in [5, 5.41) is 3.07. The highest BCUT2D eigenvalue weighted by molar-refractivity contribution is 7.99. The Hall–Kier alpha value is -1.82. The van der Waals surface area contributed by atoms with Crippen LogP contribution in [0, 0.1) is 0 Å². The number of nitrogens with two attached hydrogens (primary N) is 1. The van der Waals surface area contributed by atoms with Gasteiger partial charge in [0.25, 0.3) is 0 Å². The van der Waals surface area contributed by atoms with Gasteiger partial charge >= 0.3 is 6.18 Å². The second kappa shape index (κ2) is 4.09. The molecule has 0 saturated carbocycles. The van der Waals surface area contributed by atoms with Gasteiger partial charge in [-0.2, -0.15) is 13.2 Å². The Balaban J connectivity index is 2.11. The molecular weight excluding hydrogens is 273 g/mol. The van der Waals surface area contributed by atoms with Crippen LogP contribution in [0.25, 0.3) is 0 Å². The molecular formula is C13H9F3N2S. The number of hydrogen-bond donors (Lipinski definition) is 2. The van der Waals surface area contributed by atoms with Crippen molar-refractivity contribution in [1.82, 2.24) is 0 Å². The van der Waals surface area contributed by atoms with Gasteiger partial charge in [0, 0.05) is 9.79 Å². The third-order valence-corrected chi connectivity index (χ3v) is 3.94. The highest BCUT2D eigenvalue weighted by Crippen LogP contribution is 2.48. The molecule has 1 aliphatic rings. The van der Waals surface area contributed by atoms with Crippen LogP contribution in [-0.2, 0) is 6.18 Å². The smallest absolute Gasteiger partial charge is 0.397 e. The number of hydrogen-bond acceptors (Lipinski definition) is 3. The molecule has 0 spiro atoms. The number of anilines is 3. The predicted molar refractivity (Wildman–Crippen MR) is 69.7 cm³/mol. The van der Waals surface area contributed by atoms with Crippen molar-refractivity contribution >= 4 is 28.8 Å². The highest BCUT2D eigenvalue weighted by atomic mass is 32.2. The van der Waals surface area contributed by atoms with E-state index in [0.717, 1.165) is 22.7 Å². The van der Waals surface area contributed by atoms with Crippen molar-refractivity contribution in [2.24, 2.45) is 0 Å². The van der Waals surface area contributed by atoms with Crippen molar-refractivity contribution in [3.8, 4) is 0 Å². The van der Waals surface area contributed by atoms with Crippen LogP contribution in [-0.4, -0.2) is 0 Å². The molecule has 0 aromatic heterocycles. The van der Waals surface area contributed by atoms with Gasteiger partial charge in [-0.1, -0.05) is 23.9 Å². The maximum Gasteiger partial charge on any atom is 0.416 e. The normalized spacial score (nSPS) is 13.4. The molecule has 0 atom stereocenters. The van der Waals surface area contributed by atoms with Crippen molar-refractivity contribution in [2.75, 3.05) is 11.1 Å². The second-order valence-electron chi connectivity index (χ2n) is 4.16. The minimum Gasteiger partial charge on any atom is -0.397 e. The molecule has 0 bridgehead atoms. The van der Waals surface area contributed by atoms with Crippen LogP contribution < -0.4 is 11.1 Å². The molecule has 3 N–H and O–H groups in total. The Morgan fingerprint density at radius 1 is 1.05 bits per heavy atom. The average molecular weight is 282 g/mol. The lowest BCUT2D eigenvalue weighted by Crippen LogP contribution is -2.09. The summed E-state index contributed by atoms with van der Waals surface area (Å²) in [5.41, 5.74) is 6.49. The number of fused-ring (bicyclic) bond motifs is 2. The highest BCUT2D eigenvalue weighted by Gasteiger charge is 2.33. The largest absolute Gasteiger partial charge is 0.416 e. The SMILES string of the molecule is Nc1cc(C(F)(F)F)cc2c1Nc1ccccc1S2. The van der Waals surface area contributed by atoms with Crippen molar-refractivity contribution < 1.29 is 13.2 Å². The molecule has 1 heterocycles. The van der Waals surface area contributed by atoms with E-state index in [1.807, 2.05) is 24.3 Å². The van der Waals surface area contributed by atoms with Crippen molar-refractivity contribution in [3.63, 3.8) is 0 Å². The Morgan fingerprint density at radius 3 is 2.53 bits per heavy atom. The number of alkyl halides is 3. The van der Waals surface area contributed by atoms with E-state index in [0.29, 0.717) is 10.6 Å². The van der Waals surface area contributed by atoms with Crippen molar-refractivity contribution in [2.45, 2.75) is 16.0 Å². The van der Waals surface area contributed by atoms with Crippen LogP contribution in [0.2, 0.25) is 0 Å². The molecule has 2 aromatic rings. The van der Waals surface area contributed by atoms with Crippen molar-refractivity contribution in [3.05, 3.63) is 42.0 Å². The Morgan fingerprint density at radius 2 is 1.79 bits per heavy atom. The van der Waals surface area contributed by atoms with E-state index >= 15 is 0 Å². The fourth-order valence-electron chi connectivity index (χ4n) is 1.93. The molecule has 2 aromatic carbocycles. The average Bonchev–Trinajstić information content (AvgIpc) is 2.35. The molecule has 3 rings (SSSR count). The molecule has 2 nitrogen and oxygen atoms in total. The maximum absolute atomic E-state index is 12.7. The fraction of sp³-hybridized carbons (Fsp3) is 0.0769. The van der Waals surface area contributed by atoms with Crippen LogP contribution in [0.5, 0.6) is 0 Å². The first-order valence-corrected chi connectivity index (χ1v) is 6.31. The van der Waals surface area contributed by atoms with E-state index in [-0.39, 0.29) is 5.69 Å². The molecule has 0 radical (unpaired) electrons. The third kappa shape index (κ3) is 2.12. The van der Waals surface area contributed by atoms with Gasteiger partial charge in [0.05, 0.1) is 22.6 Å². The first-order chi connectivity index (χ1) is 8.95. The zero-order valence-electron chi connectivity index (χ0n) is 9.58. The van der Waals surface area contributed by atoms with Gasteiger partial charge in [-0.05, 0) is 24.3 Å². The number of nitrogen functional groups attached to an aromatic ring is 1. The number of benzene rings is 2. The molecule has 1 aliphatic heterocycles. The van der Waals surface area contributed by atoms with Crippen LogP contribution in [0.15, 0.2) is 46.2 Å². The van der Waals surface area contributed by atoms with E-state index < -0.39 is 11.7 Å². The molecule has 98 valence electrons. The molecule has 19 heavy (non-hydrogen) atoms. The molecule has 0 saturated heterocycles. The quantitative estimate of drug-likeness (QED) is 0.596. The minimum absolute atomic E-state index is 0.104.